The third kappa shape index (κ3) is 1.86. The molecule has 1 aliphatic rings. The summed E-state index contributed by atoms with van der Waals surface area (Å²) in [6, 6.07) is 7.65. The van der Waals surface area contributed by atoms with Crippen LogP contribution >= 0.6 is 0 Å². The van der Waals surface area contributed by atoms with Crippen LogP contribution in [0.3, 0.4) is 0 Å². The summed E-state index contributed by atoms with van der Waals surface area (Å²) >= 11 is 0. The van der Waals surface area contributed by atoms with Crippen LogP contribution in [0.2, 0.25) is 0 Å². The second-order valence-corrected chi connectivity index (χ2v) is 3.66. The van der Waals surface area contributed by atoms with Crippen molar-refractivity contribution >= 4 is 17.4 Å². The number of anilines is 1. The first kappa shape index (κ1) is 10.5. The Kier molecular flexibility index (Phi) is 2.81. The number of amides is 1. The molecule has 1 aromatic carbocycles. The van der Waals surface area contributed by atoms with Gasteiger partial charge in [0.15, 0.2) is 0 Å². The fraction of sp³-hybridized carbons (Fsp3) is 0.250. The van der Waals surface area contributed by atoms with Gasteiger partial charge >= 0.3 is 6.09 Å². The van der Waals surface area contributed by atoms with Crippen molar-refractivity contribution in [2.75, 3.05) is 19.4 Å². The van der Waals surface area contributed by atoms with Gasteiger partial charge in [0.25, 0.3) is 0 Å². The van der Waals surface area contributed by atoms with E-state index in [2.05, 4.69) is 4.74 Å². The highest BCUT2D eigenvalue weighted by atomic mass is 16.5. The molecule has 0 saturated carbocycles. The minimum Gasteiger partial charge on any atom is -0.452 e. The zero-order chi connectivity index (χ0) is 11.5. The van der Waals surface area contributed by atoms with Crippen molar-refractivity contribution in [1.82, 2.24) is 4.90 Å². The molecule has 1 amide bonds. The van der Waals surface area contributed by atoms with Gasteiger partial charge in [0.1, 0.15) is 0 Å². The predicted molar refractivity (Wildman–Crippen MR) is 62.6 cm³/mol. The predicted octanol–water partition coefficient (Wildman–Crippen LogP) is 2.08. The molecule has 0 unspecified atom stereocenters. The third-order valence-electron chi connectivity index (χ3n) is 2.65. The topological polar surface area (TPSA) is 55.6 Å². The standard InChI is InChI=1S/C12H14N2O2/c1-16-12(15)14-7-6-9(8-14)10-4-2-3-5-11(10)13/h2-5,8H,6-7,13H2,1H3. The van der Waals surface area contributed by atoms with Crippen LogP contribution in [-0.2, 0) is 4.74 Å². The Hall–Kier alpha value is -1.97. The minimum atomic E-state index is -0.329. The van der Waals surface area contributed by atoms with Gasteiger partial charge in [-0.1, -0.05) is 18.2 Å². The van der Waals surface area contributed by atoms with Gasteiger partial charge in [-0.05, 0) is 18.1 Å². The van der Waals surface area contributed by atoms with Gasteiger partial charge in [-0.25, -0.2) is 4.79 Å². The van der Waals surface area contributed by atoms with E-state index in [9.17, 15) is 4.79 Å². The largest absolute Gasteiger partial charge is 0.452 e. The molecular formula is C12H14N2O2. The fourth-order valence-corrected chi connectivity index (χ4v) is 1.81. The highest BCUT2D eigenvalue weighted by Crippen LogP contribution is 2.28. The van der Waals surface area contributed by atoms with Gasteiger partial charge in [0.05, 0.1) is 7.11 Å². The number of para-hydroxylation sites is 1. The van der Waals surface area contributed by atoms with Gasteiger partial charge in [-0.15, -0.1) is 0 Å². The monoisotopic (exact) mass is 218 g/mol. The lowest BCUT2D eigenvalue weighted by Crippen LogP contribution is -2.22. The van der Waals surface area contributed by atoms with Crippen molar-refractivity contribution in [3.05, 3.63) is 36.0 Å². The van der Waals surface area contributed by atoms with Gasteiger partial charge < -0.3 is 10.5 Å². The van der Waals surface area contributed by atoms with E-state index in [1.54, 1.807) is 11.1 Å². The van der Waals surface area contributed by atoms with Crippen LogP contribution in [-0.4, -0.2) is 24.6 Å². The Balaban J connectivity index is 2.25. The number of benzene rings is 1. The van der Waals surface area contributed by atoms with Crippen LogP contribution in [0.25, 0.3) is 5.57 Å². The molecule has 84 valence electrons. The lowest BCUT2D eigenvalue weighted by atomic mass is 10.0. The maximum absolute atomic E-state index is 11.3. The molecule has 0 spiro atoms. The van der Waals surface area contributed by atoms with E-state index in [0.717, 1.165) is 23.2 Å². The number of carbonyl (C=O) groups is 1. The van der Waals surface area contributed by atoms with E-state index < -0.39 is 0 Å². The smallest absolute Gasteiger partial charge is 0.413 e. The third-order valence-corrected chi connectivity index (χ3v) is 2.65. The molecule has 2 N–H and O–H groups in total. The summed E-state index contributed by atoms with van der Waals surface area (Å²) in [5.41, 5.74) is 8.68. The summed E-state index contributed by atoms with van der Waals surface area (Å²) < 4.78 is 4.66. The van der Waals surface area contributed by atoms with Gasteiger partial charge in [-0.3, -0.25) is 4.90 Å². The van der Waals surface area contributed by atoms with Gasteiger partial charge in [0, 0.05) is 24.0 Å². The molecule has 0 aliphatic carbocycles. The van der Waals surface area contributed by atoms with E-state index in [1.807, 2.05) is 24.3 Å². The number of nitrogens with two attached hydrogens (primary N) is 1. The molecule has 16 heavy (non-hydrogen) atoms. The Morgan fingerprint density at radius 1 is 1.44 bits per heavy atom. The molecule has 2 rings (SSSR count). The lowest BCUT2D eigenvalue weighted by Gasteiger charge is -2.09. The summed E-state index contributed by atoms with van der Waals surface area (Å²) in [6.45, 7) is 0.649. The van der Waals surface area contributed by atoms with Crippen molar-refractivity contribution < 1.29 is 9.53 Å². The van der Waals surface area contributed by atoms with E-state index >= 15 is 0 Å². The van der Waals surface area contributed by atoms with Crippen LogP contribution in [0.4, 0.5) is 10.5 Å². The van der Waals surface area contributed by atoms with Crippen molar-refractivity contribution in [1.29, 1.82) is 0 Å². The molecule has 0 fully saturated rings. The van der Waals surface area contributed by atoms with Crippen LogP contribution in [0.5, 0.6) is 0 Å². The zero-order valence-electron chi connectivity index (χ0n) is 9.14. The van der Waals surface area contributed by atoms with Gasteiger partial charge in [0.2, 0.25) is 0 Å². The highest BCUT2D eigenvalue weighted by molar-refractivity contribution is 5.80. The average molecular weight is 218 g/mol. The number of carbonyl (C=O) groups excluding carboxylic acids is 1. The summed E-state index contributed by atoms with van der Waals surface area (Å²) in [5, 5.41) is 0. The molecule has 0 radical (unpaired) electrons. The maximum atomic E-state index is 11.3. The molecule has 4 nitrogen and oxygen atoms in total. The number of rotatable bonds is 1. The molecule has 1 aromatic rings. The Morgan fingerprint density at radius 3 is 2.88 bits per heavy atom. The van der Waals surface area contributed by atoms with E-state index in [1.165, 1.54) is 7.11 Å². The fourth-order valence-electron chi connectivity index (χ4n) is 1.81. The van der Waals surface area contributed by atoms with E-state index in [-0.39, 0.29) is 6.09 Å². The Morgan fingerprint density at radius 2 is 2.19 bits per heavy atom. The molecule has 1 heterocycles. The SMILES string of the molecule is COC(=O)N1C=C(c2ccccc2N)CC1. The van der Waals surface area contributed by atoms with Crippen LogP contribution in [0.1, 0.15) is 12.0 Å². The first-order valence-electron chi connectivity index (χ1n) is 5.12. The number of methoxy groups -OCH3 is 1. The normalized spacial score (nSPS) is 14.8. The summed E-state index contributed by atoms with van der Waals surface area (Å²) in [7, 11) is 1.38. The minimum absolute atomic E-state index is 0.329. The highest BCUT2D eigenvalue weighted by Gasteiger charge is 2.20. The zero-order valence-corrected chi connectivity index (χ0v) is 9.14. The van der Waals surface area contributed by atoms with Gasteiger partial charge in [-0.2, -0.15) is 0 Å². The number of hydrogen-bond donors (Lipinski definition) is 1. The first-order chi connectivity index (χ1) is 7.72. The molecule has 0 aromatic heterocycles. The Labute approximate surface area is 94.3 Å². The molecule has 0 bridgehead atoms. The second kappa shape index (κ2) is 4.26. The summed E-state index contributed by atoms with van der Waals surface area (Å²) in [5.74, 6) is 0. The molecule has 4 heteroatoms. The van der Waals surface area contributed by atoms with E-state index in [0.29, 0.717) is 6.54 Å². The van der Waals surface area contributed by atoms with Crippen LogP contribution in [0.15, 0.2) is 30.5 Å². The second-order valence-electron chi connectivity index (χ2n) is 3.66. The Bertz CT molecular complexity index is 440. The maximum Gasteiger partial charge on any atom is 0.413 e. The number of ether oxygens (including phenoxy) is 1. The molecule has 0 atom stereocenters. The van der Waals surface area contributed by atoms with Crippen molar-refractivity contribution in [2.45, 2.75) is 6.42 Å². The van der Waals surface area contributed by atoms with Crippen LogP contribution in [0, 0.1) is 0 Å². The van der Waals surface area contributed by atoms with Crippen molar-refractivity contribution in [3.8, 4) is 0 Å². The number of nitrogens with zero attached hydrogens (tertiary/aromatic N) is 1. The van der Waals surface area contributed by atoms with Crippen molar-refractivity contribution in [2.24, 2.45) is 0 Å². The van der Waals surface area contributed by atoms with Crippen molar-refractivity contribution in [3.63, 3.8) is 0 Å². The molecule has 0 saturated heterocycles. The average Bonchev–Trinajstić information content (AvgIpc) is 2.78. The molecular weight excluding hydrogens is 204 g/mol. The quantitative estimate of drug-likeness (QED) is 0.734. The van der Waals surface area contributed by atoms with E-state index in [4.69, 9.17) is 5.73 Å². The summed E-state index contributed by atoms with van der Waals surface area (Å²) in [6.07, 6.45) is 2.28. The first-order valence-corrected chi connectivity index (χ1v) is 5.12. The number of nitrogen functional groups attached to an aromatic ring is 1. The summed E-state index contributed by atoms with van der Waals surface area (Å²) in [4.78, 5) is 12.9. The molecule has 1 aliphatic heterocycles. The lowest BCUT2D eigenvalue weighted by molar-refractivity contribution is 0.143. The number of hydrogen-bond acceptors (Lipinski definition) is 3. The van der Waals surface area contributed by atoms with Crippen LogP contribution < -0.4 is 5.73 Å².